The summed E-state index contributed by atoms with van der Waals surface area (Å²) in [6.45, 7) is 0.383. The van der Waals surface area contributed by atoms with Crippen LogP contribution in [0.1, 0.15) is 17.3 Å². The van der Waals surface area contributed by atoms with Gasteiger partial charge in [0, 0.05) is 19.4 Å². The molecule has 1 aromatic heterocycles. The largest absolute Gasteiger partial charge is 0.330 e. The second-order valence-corrected chi connectivity index (χ2v) is 3.96. The monoisotopic (exact) mass is 234 g/mol. The smallest absolute Gasteiger partial charge is 0.138 e. The van der Waals surface area contributed by atoms with E-state index in [1.54, 1.807) is 16.8 Å². The number of hydrogen-bond donors (Lipinski definition) is 1. The molecular weight excluding hydrogens is 219 g/mol. The maximum atomic E-state index is 13.7. The molecule has 1 aromatic carbocycles. The molecule has 2 aromatic rings. The van der Waals surface area contributed by atoms with Crippen molar-refractivity contribution in [3.63, 3.8) is 0 Å². The number of hydrogen-bond acceptors (Lipinski definition) is 3. The summed E-state index contributed by atoms with van der Waals surface area (Å²) in [6, 6.07) is 6.71. The topological polar surface area (TPSA) is 56.7 Å². The highest BCUT2D eigenvalue weighted by molar-refractivity contribution is 5.23. The first kappa shape index (κ1) is 11.7. The van der Waals surface area contributed by atoms with Gasteiger partial charge in [0.15, 0.2) is 0 Å². The summed E-state index contributed by atoms with van der Waals surface area (Å²) in [4.78, 5) is 4.13. The Bertz CT molecular complexity index is 495. The summed E-state index contributed by atoms with van der Waals surface area (Å²) in [5, 5.41) is 3.99. The maximum absolute atomic E-state index is 13.7. The first-order valence-electron chi connectivity index (χ1n) is 5.49. The van der Waals surface area contributed by atoms with Crippen molar-refractivity contribution < 1.29 is 4.39 Å². The molecule has 0 aliphatic carbocycles. The van der Waals surface area contributed by atoms with E-state index in [4.69, 9.17) is 5.73 Å². The van der Waals surface area contributed by atoms with E-state index in [2.05, 4.69) is 10.1 Å². The van der Waals surface area contributed by atoms with Crippen molar-refractivity contribution in [3.05, 3.63) is 47.8 Å². The molecule has 17 heavy (non-hydrogen) atoms. The highest BCUT2D eigenvalue weighted by Gasteiger charge is 2.16. The Balaban J connectivity index is 2.23. The molecule has 0 aliphatic rings. The fraction of sp³-hybridized carbons (Fsp3) is 0.333. The van der Waals surface area contributed by atoms with Gasteiger partial charge in [-0.15, -0.1) is 0 Å². The van der Waals surface area contributed by atoms with Gasteiger partial charge in [-0.25, -0.2) is 9.37 Å². The van der Waals surface area contributed by atoms with E-state index in [1.165, 1.54) is 12.4 Å². The number of aromatic nitrogens is 3. The van der Waals surface area contributed by atoms with E-state index in [-0.39, 0.29) is 11.7 Å². The Morgan fingerprint density at radius 1 is 1.41 bits per heavy atom. The van der Waals surface area contributed by atoms with Crippen LogP contribution in [0.4, 0.5) is 4.39 Å². The van der Waals surface area contributed by atoms with Crippen LogP contribution in [-0.4, -0.2) is 21.3 Å². The average Bonchev–Trinajstić information content (AvgIpc) is 2.73. The highest BCUT2D eigenvalue weighted by atomic mass is 19.1. The summed E-state index contributed by atoms with van der Waals surface area (Å²) < 4.78 is 15.3. The second-order valence-electron chi connectivity index (χ2n) is 3.96. The summed E-state index contributed by atoms with van der Waals surface area (Å²) >= 11 is 0. The lowest BCUT2D eigenvalue weighted by atomic mass is 9.95. The van der Waals surface area contributed by atoms with E-state index in [0.29, 0.717) is 18.5 Å². The van der Waals surface area contributed by atoms with Gasteiger partial charge < -0.3 is 5.73 Å². The Labute approximate surface area is 99.3 Å². The first-order valence-corrected chi connectivity index (χ1v) is 5.49. The number of nitrogens with two attached hydrogens (primary N) is 1. The van der Waals surface area contributed by atoms with Crippen LogP contribution in [0.2, 0.25) is 0 Å². The molecule has 1 heterocycles. The Kier molecular flexibility index (Phi) is 3.49. The van der Waals surface area contributed by atoms with Crippen LogP contribution in [0.15, 0.2) is 30.6 Å². The van der Waals surface area contributed by atoms with E-state index in [0.717, 1.165) is 5.82 Å². The van der Waals surface area contributed by atoms with E-state index in [1.807, 2.05) is 13.1 Å². The van der Waals surface area contributed by atoms with Crippen molar-refractivity contribution in [1.82, 2.24) is 14.8 Å². The molecule has 1 atom stereocenters. The second kappa shape index (κ2) is 5.05. The third kappa shape index (κ3) is 2.50. The highest BCUT2D eigenvalue weighted by Crippen LogP contribution is 2.21. The van der Waals surface area contributed by atoms with E-state index >= 15 is 0 Å². The van der Waals surface area contributed by atoms with Crippen LogP contribution in [0.5, 0.6) is 0 Å². The van der Waals surface area contributed by atoms with Gasteiger partial charge in [-0.05, 0) is 18.2 Å². The molecule has 0 fully saturated rings. The SMILES string of the molecule is Cn1ncnc1CC(CN)c1ccccc1F. The molecule has 5 heteroatoms. The van der Waals surface area contributed by atoms with E-state index in [9.17, 15) is 4.39 Å². The van der Waals surface area contributed by atoms with Crippen molar-refractivity contribution in [1.29, 1.82) is 0 Å². The van der Waals surface area contributed by atoms with Gasteiger partial charge in [0.25, 0.3) is 0 Å². The molecule has 0 saturated carbocycles. The number of halogens is 1. The van der Waals surface area contributed by atoms with Crippen molar-refractivity contribution in [2.45, 2.75) is 12.3 Å². The predicted octanol–water partition coefficient (Wildman–Crippen LogP) is 1.24. The maximum Gasteiger partial charge on any atom is 0.138 e. The first-order chi connectivity index (χ1) is 8.22. The van der Waals surface area contributed by atoms with Gasteiger partial charge in [-0.1, -0.05) is 18.2 Å². The Morgan fingerprint density at radius 3 is 2.76 bits per heavy atom. The minimum atomic E-state index is -0.217. The summed E-state index contributed by atoms with van der Waals surface area (Å²) in [5.41, 5.74) is 6.35. The zero-order chi connectivity index (χ0) is 12.3. The zero-order valence-electron chi connectivity index (χ0n) is 9.68. The molecule has 0 aliphatic heterocycles. The summed E-state index contributed by atoms with van der Waals surface area (Å²) in [5.74, 6) is 0.521. The van der Waals surface area contributed by atoms with Crippen LogP contribution in [0, 0.1) is 5.82 Å². The lowest BCUT2D eigenvalue weighted by Crippen LogP contribution is -2.18. The number of aryl methyl sites for hydroxylation is 1. The standard InChI is InChI=1S/C12H15FN4/c1-17-12(15-8-16-17)6-9(7-14)10-4-2-3-5-11(10)13/h2-5,8-9H,6-7,14H2,1H3. The quantitative estimate of drug-likeness (QED) is 0.866. The van der Waals surface area contributed by atoms with E-state index < -0.39 is 0 Å². The molecule has 0 saturated heterocycles. The van der Waals surface area contributed by atoms with Crippen LogP contribution in [0.3, 0.4) is 0 Å². The minimum absolute atomic E-state index is 0.0703. The summed E-state index contributed by atoms with van der Waals surface area (Å²) in [6.07, 6.45) is 2.08. The number of nitrogens with zero attached hydrogens (tertiary/aromatic N) is 3. The van der Waals surface area contributed by atoms with Crippen molar-refractivity contribution in [3.8, 4) is 0 Å². The third-order valence-electron chi connectivity index (χ3n) is 2.86. The van der Waals surface area contributed by atoms with Gasteiger partial charge in [0.05, 0.1) is 0 Å². The van der Waals surface area contributed by atoms with Crippen molar-refractivity contribution >= 4 is 0 Å². The molecule has 0 amide bonds. The molecule has 0 radical (unpaired) electrons. The normalized spacial score (nSPS) is 12.6. The van der Waals surface area contributed by atoms with Crippen LogP contribution < -0.4 is 5.73 Å². The lowest BCUT2D eigenvalue weighted by Gasteiger charge is -2.15. The number of rotatable bonds is 4. The van der Waals surface area contributed by atoms with Crippen molar-refractivity contribution in [2.24, 2.45) is 12.8 Å². The van der Waals surface area contributed by atoms with Gasteiger partial charge in [-0.2, -0.15) is 5.10 Å². The third-order valence-corrected chi connectivity index (χ3v) is 2.86. The lowest BCUT2D eigenvalue weighted by molar-refractivity contribution is 0.559. The van der Waals surface area contributed by atoms with Gasteiger partial charge in [-0.3, -0.25) is 4.68 Å². The zero-order valence-corrected chi connectivity index (χ0v) is 9.68. The molecule has 90 valence electrons. The van der Waals surface area contributed by atoms with Gasteiger partial charge in [0.1, 0.15) is 18.0 Å². The predicted molar refractivity (Wildman–Crippen MR) is 62.9 cm³/mol. The van der Waals surface area contributed by atoms with Crippen LogP contribution in [-0.2, 0) is 13.5 Å². The average molecular weight is 234 g/mol. The fourth-order valence-corrected chi connectivity index (χ4v) is 1.85. The minimum Gasteiger partial charge on any atom is -0.330 e. The molecule has 4 nitrogen and oxygen atoms in total. The Morgan fingerprint density at radius 2 is 2.18 bits per heavy atom. The molecule has 1 unspecified atom stereocenters. The van der Waals surface area contributed by atoms with Gasteiger partial charge in [0.2, 0.25) is 0 Å². The molecule has 2 rings (SSSR count). The molecule has 2 N–H and O–H groups in total. The Hall–Kier alpha value is -1.75. The molecule has 0 spiro atoms. The van der Waals surface area contributed by atoms with Crippen LogP contribution >= 0.6 is 0 Å². The van der Waals surface area contributed by atoms with Gasteiger partial charge >= 0.3 is 0 Å². The molecular formula is C12H15FN4. The fourth-order valence-electron chi connectivity index (χ4n) is 1.85. The molecule has 0 bridgehead atoms. The number of benzene rings is 1. The van der Waals surface area contributed by atoms with Crippen LogP contribution in [0.25, 0.3) is 0 Å². The van der Waals surface area contributed by atoms with Crippen molar-refractivity contribution in [2.75, 3.05) is 6.54 Å². The summed E-state index contributed by atoms with van der Waals surface area (Å²) in [7, 11) is 1.82.